The predicted molar refractivity (Wildman–Crippen MR) is 132 cm³/mol. The Hall–Kier alpha value is -4.85. The number of para-hydroxylation sites is 1. The van der Waals surface area contributed by atoms with Gasteiger partial charge in [-0.2, -0.15) is 0 Å². The van der Waals surface area contributed by atoms with Crippen LogP contribution >= 0.6 is 0 Å². The highest BCUT2D eigenvalue weighted by atomic mass is 16.5. The van der Waals surface area contributed by atoms with Crippen molar-refractivity contribution in [2.75, 3.05) is 17.7 Å². The Bertz CT molecular complexity index is 1520. The maximum atomic E-state index is 13.0. The molecule has 2 amide bonds. The van der Waals surface area contributed by atoms with E-state index in [-0.39, 0.29) is 17.1 Å². The van der Waals surface area contributed by atoms with E-state index >= 15 is 0 Å². The first-order valence-electron chi connectivity index (χ1n) is 10.8. The number of hydrogen-bond acceptors (Lipinski definition) is 6. The summed E-state index contributed by atoms with van der Waals surface area (Å²) in [5.41, 5.74) is 3.20. The number of nitrogens with one attached hydrogen (secondary N) is 2. The van der Waals surface area contributed by atoms with Crippen molar-refractivity contribution in [3.05, 3.63) is 95.9 Å². The number of aromatic nitrogens is 1. The van der Waals surface area contributed by atoms with Crippen LogP contribution < -0.4 is 15.4 Å². The van der Waals surface area contributed by atoms with E-state index in [1.54, 1.807) is 67.8 Å². The number of benzene rings is 3. The van der Waals surface area contributed by atoms with Gasteiger partial charge in [0, 0.05) is 22.7 Å². The molecule has 5 rings (SSSR count). The van der Waals surface area contributed by atoms with Gasteiger partial charge in [-0.05, 0) is 55.5 Å². The molecule has 2 N–H and O–H groups in total. The summed E-state index contributed by atoms with van der Waals surface area (Å²) in [5.74, 6) is 0.0876. The summed E-state index contributed by atoms with van der Waals surface area (Å²) in [6.07, 6.45) is 0. The second-order valence-corrected chi connectivity index (χ2v) is 7.88. The van der Waals surface area contributed by atoms with Crippen molar-refractivity contribution in [3.8, 4) is 17.1 Å². The molecule has 0 atom stereocenters. The van der Waals surface area contributed by atoms with Crippen molar-refractivity contribution in [1.29, 1.82) is 0 Å². The minimum atomic E-state index is -0.538. The van der Waals surface area contributed by atoms with E-state index in [1.807, 2.05) is 19.1 Å². The number of rotatable bonds is 6. The summed E-state index contributed by atoms with van der Waals surface area (Å²) in [7, 11) is 1.58. The molecular formula is C27H21N3O5. The van der Waals surface area contributed by atoms with Crippen molar-refractivity contribution in [2.24, 2.45) is 0 Å². The summed E-state index contributed by atoms with van der Waals surface area (Å²) in [6, 6.07) is 23.2. The molecule has 0 aliphatic rings. The van der Waals surface area contributed by atoms with Gasteiger partial charge >= 0.3 is 0 Å². The van der Waals surface area contributed by atoms with Gasteiger partial charge in [-0.1, -0.05) is 35.0 Å². The van der Waals surface area contributed by atoms with Gasteiger partial charge < -0.3 is 24.3 Å². The van der Waals surface area contributed by atoms with E-state index in [0.717, 1.165) is 11.1 Å². The highest BCUT2D eigenvalue weighted by Crippen LogP contribution is 2.32. The summed E-state index contributed by atoms with van der Waals surface area (Å²) in [4.78, 5) is 26.1. The number of fused-ring (bicyclic) bond motifs is 1. The Morgan fingerprint density at radius 3 is 2.37 bits per heavy atom. The molecule has 2 heterocycles. The van der Waals surface area contributed by atoms with Crippen LogP contribution in [-0.2, 0) is 0 Å². The molecule has 0 saturated carbocycles. The summed E-state index contributed by atoms with van der Waals surface area (Å²) < 4.78 is 16.3. The number of amides is 2. The first-order chi connectivity index (χ1) is 17.0. The second-order valence-electron chi connectivity index (χ2n) is 7.88. The minimum Gasteiger partial charge on any atom is -0.497 e. The molecule has 5 aromatic rings. The molecule has 2 aromatic heterocycles. The molecule has 0 fully saturated rings. The van der Waals surface area contributed by atoms with E-state index in [4.69, 9.17) is 13.7 Å². The monoisotopic (exact) mass is 467 g/mol. The van der Waals surface area contributed by atoms with Crippen molar-refractivity contribution in [2.45, 2.75) is 6.92 Å². The summed E-state index contributed by atoms with van der Waals surface area (Å²) in [5, 5.41) is 10.1. The molecule has 3 aromatic carbocycles. The first kappa shape index (κ1) is 22.0. The summed E-state index contributed by atoms with van der Waals surface area (Å²) in [6.45, 7) is 1.96. The molecular weight excluding hydrogens is 446 g/mol. The van der Waals surface area contributed by atoms with Crippen LogP contribution in [0.5, 0.6) is 5.75 Å². The number of ether oxygens (including phenoxy) is 1. The molecule has 0 unspecified atom stereocenters. The summed E-state index contributed by atoms with van der Waals surface area (Å²) >= 11 is 0. The fourth-order valence-electron chi connectivity index (χ4n) is 3.61. The van der Waals surface area contributed by atoms with Gasteiger partial charge in [0.1, 0.15) is 17.0 Å². The topological polar surface area (TPSA) is 107 Å². The van der Waals surface area contributed by atoms with Crippen LogP contribution in [0.15, 0.2) is 87.8 Å². The zero-order valence-corrected chi connectivity index (χ0v) is 19.0. The standard InChI is InChI=1S/C27H21N3O5/c1-16-7-11-18(12-8-16)28-27(32)25-24(20-5-3-4-6-22(20)34-25)29-26(31)21-15-23(35-30-21)17-9-13-19(33-2)14-10-17/h3-15H,1-2H3,(H,28,32)(H,29,31). The van der Waals surface area contributed by atoms with Gasteiger partial charge in [0.25, 0.3) is 11.8 Å². The number of carbonyl (C=O) groups is 2. The number of furan rings is 1. The van der Waals surface area contributed by atoms with E-state index in [2.05, 4.69) is 15.8 Å². The fraction of sp³-hybridized carbons (Fsp3) is 0.0741. The molecule has 0 aliphatic heterocycles. The lowest BCUT2D eigenvalue weighted by Gasteiger charge is -2.06. The van der Waals surface area contributed by atoms with E-state index in [1.165, 1.54) is 6.07 Å². The van der Waals surface area contributed by atoms with Crippen LogP contribution in [-0.4, -0.2) is 24.1 Å². The third-order valence-electron chi connectivity index (χ3n) is 5.47. The maximum Gasteiger partial charge on any atom is 0.293 e. The average Bonchev–Trinajstić information content (AvgIpc) is 3.51. The molecule has 0 saturated heterocycles. The predicted octanol–water partition coefficient (Wildman–Crippen LogP) is 5.91. The fourth-order valence-corrected chi connectivity index (χ4v) is 3.61. The highest BCUT2D eigenvalue weighted by molar-refractivity contribution is 6.16. The first-order valence-corrected chi connectivity index (χ1v) is 10.8. The lowest BCUT2D eigenvalue weighted by atomic mass is 10.1. The van der Waals surface area contributed by atoms with Gasteiger partial charge in [-0.15, -0.1) is 0 Å². The van der Waals surface area contributed by atoms with Gasteiger partial charge in [0.2, 0.25) is 5.76 Å². The maximum absolute atomic E-state index is 13.0. The molecule has 8 nitrogen and oxygen atoms in total. The van der Waals surface area contributed by atoms with Crippen molar-refractivity contribution in [3.63, 3.8) is 0 Å². The largest absolute Gasteiger partial charge is 0.497 e. The molecule has 8 heteroatoms. The molecule has 35 heavy (non-hydrogen) atoms. The molecule has 0 spiro atoms. The molecule has 0 aliphatic carbocycles. The lowest BCUT2D eigenvalue weighted by Crippen LogP contribution is -2.17. The molecule has 0 bridgehead atoms. The number of nitrogens with zero attached hydrogens (tertiary/aromatic N) is 1. The normalized spacial score (nSPS) is 10.8. The van der Waals surface area contributed by atoms with Gasteiger partial charge in [0.05, 0.1) is 7.11 Å². The van der Waals surface area contributed by atoms with Crippen LogP contribution in [0.3, 0.4) is 0 Å². The van der Waals surface area contributed by atoms with Crippen LogP contribution in [0.4, 0.5) is 11.4 Å². The van der Waals surface area contributed by atoms with Crippen LogP contribution in [0.25, 0.3) is 22.3 Å². The van der Waals surface area contributed by atoms with Crippen molar-refractivity contribution in [1.82, 2.24) is 5.16 Å². The Kier molecular flexibility index (Phi) is 5.76. The Balaban J connectivity index is 1.42. The quantitative estimate of drug-likeness (QED) is 0.322. The zero-order valence-electron chi connectivity index (χ0n) is 19.0. The molecule has 174 valence electrons. The van der Waals surface area contributed by atoms with Crippen molar-refractivity contribution < 1.29 is 23.3 Å². The lowest BCUT2D eigenvalue weighted by molar-refractivity contribution is 0.0999. The van der Waals surface area contributed by atoms with Gasteiger partial charge in [0.15, 0.2) is 11.5 Å². The van der Waals surface area contributed by atoms with Crippen LogP contribution in [0, 0.1) is 6.92 Å². The smallest absolute Gasteiger partial charge is 0.293 e. The van der Waals surface area contributed by atoms with Crippen LogP contribution in [0.2, 0.25) is 0 Å². The Morgan fingerprint density at radius 2 is 1.63 bits per heavy atom. The number of anilines is 2. The van der Waals surface area contributed by atoms with E-state index < -0.39 is 11.8 Å². The number of carbonyl (C=O) groups excluding carboxylic acids is 2. The Labute approximate surface area is 200 Å². The second kappa shape index (κ2) is 9.18. The van der Waals surface area contributed by atoms with Gasteiger partial charge in [-0.25, -0.2) is 0 Å². The average molecular weight is 467 g/mol. The number of hydrogen-bond donors (Lipinski definition) is 2. The zero-order chi connectivity index (χ0) is 24.4. The third kappa shape index (κ3) is 4.49. The van der Waals surface area contributed by atoms with Gasteiger partial charge in [-0.3, -0.25) is 9.59 Å². The molecule has 0 radical (unpaired) electrons. The number of aryl methyl sites for hydroxylation is 1. The third-order valence-corrected chi connectivity index (χ3v) is 5.47. The Morgan fingerprint density at radius 1 is 0.886 bits per heavy atom. The van der Waals surface area contributed by atoms with Crippen molar-refractivity contribution >= 4 is 34.2 Å². The highest BCUT2D eigenvalue weighted by Gasteiger charge is 2.24. The minimum absolute atomic E-state index is 0.0148. The van der Waals surface area contributed by atoms with E-state index in [0.29, 0.717) is 28.2 Å². The van der Waals surface area contributed by atoms with Crippen LogP contribution in [0.1, 0.15) is 26.6 Å². The SMILES string of the molecule is COc1ccc(-c2cc(C(=O)Nc3c(C(=O)Nc4ccc(C)cc4)oc4ccccc34)no2)cc1. The van der Waals surface area contributed by atoms with E-state index in [9.17, 15) is 9.59 Å². The number of methoxy groups -OCH3 is 1.